The van der Waals surface area contributed by atoms with Gasteiger partial charge in [0.2, 0.25) is 0 Å². The van der Waals surface area contributed by atoms with Crippen molar-refractivity contribution in [2.24, 2.45) is 0 Å². The molecule has 1 amide bonds. The fourth-order valence-corrected chi connectivity index (χ4v) is 1.83. The zero-order valence-corrected chi connectivity index (χ0v) is 10.6. The van der Waals surface area contributed by atoms with Gasteiger partial charge in [0.15, 0.2) is 0 Å². The van der Waals surface area contributed by atoms with Gasteiger partial charge in [-0.05, 0) is 18.2 Å². The molecule has 2 aromatic heterocycles. The molecule has 98 valence electrons. The lowest BCUT2D eigenvalue weighted by atomic mass is 10.1. The third kappa shape index (κ3) is 2.56. The van der Waals surface area contributed by atoms with Gasteiger partial charge in [0, 0.05) is 11.8 Å². The predicted octanol–water partition coefficient (Wildman–Crippen LogP) is 2.72. The summed E-state index contributed by atoms with van der Waals surface area (Å²) in [5.41, 5.74) is 2.76. The third-order valence-electron chi connectivity index (χ3n) is 2.81. The summed E-state index contributed by atoms with van der Waals surface area (Å²) in [7, 11) is 0. The Morgan fingerprint density at radius 2 is 1.95 bits per heavy atom. The second-order valence-corrected chi connectivity index (χ2v) is 4.23. The number of H-pyrrole nitrogens is 1. The van der Waals surface area contributed by atoms with Crippen molar-refractivity contribution in [1.82, 2.24) is 15.2 Å². The number of hydrogen-bond acceptors (Lipinski definition) is 3. The number of carbonyl (C=O) groups excluding carboxylic acids is 1. The molecule has 5 nitrogen and oxygen atoms in total. The molecule has 3 aromatic rings. The van der Waals surface area contributed by atoms with E-state index in [1.54, 1.807) is 30.6 Å². The molecule has 0 fully saturated rings. The molecule has 0 spiro atoms. The molecule has 20 heavy (non-hydrogen) atoms. The summed E-state index contributed by atoms with van der Waals surface area (Å²) < 4.78 is 0. The summed E-state index contributed by atoms with van der Waals surface area (Å²) in [6, 6.07) is 14.9. The monoisotopic (exact) mass is 264 g/mol. The first-order chi connectivity index (χ1) is 9.83. The Morgan fingerprint density at radius 1 is 1.10 bits per heavy atom. The summed E-state index contributed by atoms with van der Waals surface area (Å²) in [5, 5.41) is 9.64. The summed E-state index contributed by atoms with van der Waals surface area (Å²) >= 11 is 0. The van der Waals surface area contributed by atoms with E-state index < -0.39 is 0 Å². The van der Waals surface area contributed by atoms with Crippen LogP contribution in [0, 0.1) is 0 Å². The molecule has 2 heterocycles. The zero-order chi connectivity index (χ0) is 13.8. The number of amides is 1. The number of aromatic amines is 1. The van der Waals surface area contributed by atoms with Crippen LogP contribution in [0.15, 0.2) is 60.9 Å². The van der Waals surface area contributed by atoms with E-state index in [2.05, 4.69) is 20.5 Å². The number of carbonyl (C=O) groups is 1. The van der Waals surface area contributed by atoms with Crippen molar-refractivity contribution in [1.29, 1.82) is 0 Å². The molecule has 0 aliphatic carbocycles. The van der Waals surface area contributed by atoms with Crippen LogP contribution in [0.25, 0.3) is 11.3 Å². The minimum absolute atomic E-state index is 0.243. The lowest BCUT2D eigenvalue weighted by molar-refractivity contribution is 0.102. The van der Waals surface area contributed by atoms with Crippen LogP contribution in [0.3, 0.4) is 0 Å². The molecule has 0 atom stereocenters. The molecular formula is C15H12N4O. The summed E-state index contributed by atoms with van der Waals surface area (Å²) in [6.07, 6.45) is 3.24. The van der Waals surface area contributed by atoms with Gasteiger partial charge in [0.25, 0.3) is 5.91 Å². The van der Waals surface area contributed by atoms with Crippen molar-refractivity contribution in [3.8, 4) is 11.3 Å². The van der Waals surface area contributed by atoms with E-state index in [0.29, 0.717) is 11.4 Å². The Labute approximate surface area is 115 Å². The number of nitrogens with zero attached hydrogens (tertiary/aromatic N) is 2. The second kappa shape index (κ2) is 5.36. The van der Waals surface area contributed by atoms with Crippen molar-refractivity contribution in [3.63, 3.8) is 0 Å². The number of aromatic nitrogens is 3. The summed E-state index contributed by atoms with van der Waals surface area (Å²) in [6.45, 7) is 0. The number of benzene rings is 1. The molecule has 5 heteroatoms. The SMILES string of the molecule is O=C(Nc1cccnc1)c1cc(-c2ccccc2)n[nH]1. The smallest absolute Gasteiger partial charge is 0.273 e. The molecule has 0 saturated heterocycles. The Balaban J connectivity index is 1.79. The lowest BCUT2D eigenvalue weighted by Crippen LogP contribution is -2.12. The van der Waals surface area contributed by atoms with Crippen LogP contribution in [-0.4, -0.2) is 21.1 Å². The van der Waals surface area contributed by atoms with Crippen LogP contribution < -0.4 is 5.32 Å². The van der Waals surface area contributed by atoms with Crippen LogP contribution >= 0.6 is 0 Å². The van der Waals surface area contributed by atoms with Crippen molar-refractivity contribution >= 4 is 11.6 Å². The Kier molecular flexibility index (Phi) is 3.24. The van der Waals surface area contributed by atoms with E-state index >= 15 is 0 Å². The average Bonchev–Trinajstić information content (AvgIpc) is 2.99. The third-order valence-corrected chi connectivity index (χ3v) is 2.81. The van der Waals surface area contributed by atoms with Crippen molar-refractivity contribution in [3.05, 3.63) is 66.6 Å². The molecule has 0 radical (unpaired) electrons. The molecule has 0 unspecified atom stereocenters. The Morgan fingerprint density at radius 3 is 2.70 bits per heavy atom. The van der Waals surface area contributed by atoms with Gasteiger partial charge in [-0.25, -0.2) is 0 Å². The van der Waals surface area contributed by atoms with Gasteiger partial charge in [0.05, 0.1) is 17.6 Å². The fourth-order valence-electron chi connectivity index (χ4n) is 1.83. The van der Waals surface area contributed by atoms with E-state index in [9.17, 15) is 4.79 Å². The van der Waals surface area contributed by atoms with Gasteiger partial charge in [-0.2, -0.15) is 5.10 Å². The minimum Gasteiger partial charge on any atom is -0.319 e. The molecule has 2 N–H and O–H groups in total. The van der Waals surface area contributed by atoms with Crippen LogP contribution in [0.4, 0.5) is 5.69 Å². The highest BCUT2D eigenvalue weighted by Gasteiger charge is 2.11. The van der Waals surface area contributed by atoms with Crippen molar-refractivity contribution in [2.45, 2.75) is 0 Å². The highest BCUT2D eigenvalue weighted by atomic mass is 16.1. The van der Waals surface area contributed by atoms with Crippen molar-refractivity contribution in [2.75, 3.05) is 5.32 Å². The highest BCUT2D eigenvalue weighted by molar-refractivity contribution is 6.03. The maximum absolute atomic E-state index is 12.0. The number of hydrogen-bond donors (Lipinski definition) is 2. The quantitative estimate of drug-likeness (QED) is 0.764. The highest BCUT2D eigenvalue weighted by Crippen LogP contribution is 2.17. The Hall–Kier alpha value is -2.95. The molecule has 0 bridgehead atoms. The minimum atomic E-state index is -0.243. The predicted molar refractivity (Wildman–Crippen MR) is 76.2 cm³/mol. The van der Waals surface area contributed by atoms with Gasteiger partial charge >= 0.3 is 0 Å². The van der Waals surface area contributed by atoms with Crippen LogP contribution in [-0.2, 0) is 0 Å². The van der Waals surface area contributed by atoms with Gasteiger partial charge in [-0.1, -0.05) is 30.3 Å². The molecule has 0 aliphatic heterocycles. The molecule has 1 aromatic carbocycles. The lowest BCUT2D eigenvalue weighted by Gasteiger charge is -2.01. The first-order valence-corrected chi connectivity index (χ1v) is 6.15. The number of nitrogens with one attached hydrogen (secondary N) is 2. The zero-order valence-electron chi connectivity index (χ0n) is 10.6. The second-order valence-electron chi connectivity index (χ2n) is 4.23. The van der Waals surface area contributed by atoms with Gasteiger partial charge in [-0.15, -0.1) is 0 Å². The number of pyridine rings is 1. The number of anilines is 1. The largest absolute Gasteiger partial charge is 0.319 e. The van der Waals surface area contributed by atoms with Crippen molar-refractivity contribution < 1.29 is 4.79 Å². The van der Waals surface area contributed by atoms with Crippen LogP contribution in [0.5, 0.6) is 0 Å². The van der Waals surface area contributed by atoms with Crippen LogP contribution in [0.2, 0.25) is 0 Å². The van der Waals surface area contributed by atoms with Gasteiger partial charge in [0.1, 0.15) is 5.69 Å². The fraction of sp³-hybridized carbons (Fsp3) is 0. The summed E-state index contributed by atoms with van der Waals surface area (Å²) in [5.74, 6) is -0.243. The topological polar surface area (TPSA) is 70.7 Å². The molecule has 0 aliphatic rings. The van der Waals surface area contributed by atoms with Gasteiger partial charge < -0.3 is 5.32 Å². The molecule has 3 rings (SSSR count). The Bertz CT molecular complexity index is 707. The maximum atomic E-state index is 12.0. The van der Waals surface area contributed by atoms with E-state index in [4.69, 9.17) is 0 Å². The van der Waals surface area contributed by atoms with E-state index in [-0.39, 0.29) is 5.91 Å². The average molecular weight is 264 g/mol. The molecule has 0 saturated carbocycles. The summed E-state index contributed by atoms with van der Waals surface area (Å²) in [4.78, 5) is 16.0. The maximum Gasteiger partial charge on any atom is 0.273 e. The number of rotatable bonds is 3. The molecular weight excluding hydrogens is 252 g/mol. The van der Waals surface area contributed by atoms with E-state index in [1.165, 1.54) is 0 Å². The first-order valence-electron chi connectivity index (χ1n) is 6.15. The van der Waals surface area contributed by atoms with Gasteiger partial charge in [-0.3, -0.25) is 14.9 Å². The van der Waals surface area contributed by atoms with E-state index in [0.717, 1.165) is 11.3 Å². The van der Waals surface area contributed by atoms with E-state index in [1.807, 2.05) is 30.3 Å². The first kappa shape index (κ1) is 12.1. The van der Waals surface area contributed by atoms with Crippen LogP contribution in [0.1, 0.15) is 10.5 Å². The standard InChI is InChI=1S/C15H12N4O/c20-15(17-12-7-4-8-16-10-12)14-9-13(18-19-14)11-5-2-1-3-6-11/h1-10H,(H,17,20)(H,18,19). The normalized spacial score (nSPS) is 10.2.